The molecule has 142 valence electrons. The highest BCUT2D eigenvalue weighted by molar-refractivity contribution is 7.99. The zero-order valence-corrected chi connectivity index (χ0v) is 17.2. The van der Waals surface area contributed by atoms with Crippen LogP contribution in [0.3, 0.4) is 0 Å². The van der Waals surface area contributed by atoms with Crippen LogP contribution in [0.4, 0.5) is 4.79 Å². The Kier molecular flexibility index (Phi) is 4.68. The molecule has 0 radical (unpaired) electrons. The van der Waals surface area contributed by atoms with Crippen molar-refractivity contribution in [2.45, 2.75) is 44.3 Å². The predicted octanol–water partition coefficient (Wildman–Crippen LogP) is 4.72. The quantitative estimate of drug-likeness (QED) is 0.750. The normalized spacial score (nSPS) is 21.6. The third-order valence-electron chi connectivity index (χ3n) is 4.57. The molecule has 0 saturated heterocycles. The first-order valence-corrected chi connectivity index (χ1v) is 10.8. The number of carbonyl (C=O) groups is 2. The Morgan fingerprint density at radius 3 is 2.78 bits per heavy atom. The van der Waals surface area contributed by atoms with Crippen molar-refractivity contribution in [1.82, 2.24) is 10.2 Å². The Morgan fingerprint density at radius 2 is 2.00 bits per heavy atom. The van der Waals surface area contributed by atoms with E-state index in [2.05, 4.69) is 5.32 Å². The average molecular weight is 403 g/mol. The van der Waals surface area contributed by atoms with Crippen molar-refractivity contribution in [2.75, 3.05) is 5.75 Å². The van der Waals surface area contributed by atoms with Crippen molar-refractivity contribution >= 4 is 35.1 Å². The van der Waals surface area contributed by atoms with Gasteiger partial charge < -0.3 is 15.0 Å². The summed E-state index contributed by atoms with van der Waals surface area (Å²) in [7, 11) is 0. The van der Waals surface area contributed by atoms with Crippen LogP contribution < -0.4 is 5.32 Å². The summed E-state index contributed by atoms with van der Waals surface area (Å²) in [5.74, 6) is 0.677. The molecule has 2 aromatic rings. The first-order chi connectivity index (χ1) is 12.8. The second-order valence-electron chi connectivity index (χ2n) is 7.77. The highest BCUT2D eigenvalue weighted by atomic mass is 32.2. The number of nitrogens with zero attached hydrogens (tertiary/aromatic N) is 1. The summed E-state index contributed by atoms with van der Waals surface area (Å²) in [6, 6.07) is 9.79. The molecule has 2 atom stereocenters. The summed E-state index contributed by atoms with van der Waals surface area (Å²) < 4.78 is 5.78. The van der Waals surface area contributed by atoms with Crippen molar-refractivity contribution in [3.8, 4) is 0 Å². The molecule has 27 heavy (non-hydrogen) atoms. The molecular formula is C20H22N2O3S2. The van der Waals surface area contributed by atoms with E-state index in [4.69, 9.17) is 4.74 Å². The molecule has 1 aromatic heterocycles. The second-order valence-corrected chi connectivity index (χ2v) is 9.89. The minimum Gasteiger partial charge on any atom is -0.440 e. The summed E-state index contributed by atoms with van der Waals surface area (Å²) >= 11 is 3.26. The van der Waals surface area contributed by atoms with Gasteiger partial charge in [0, 0.05) is 27.3 Å². The van der Waals surface area contributed by atoms with Crippen LogP contribution in [-0.4, -0.2) is 28.2 Å². The van der Waals surface area contributed by atoms with E-state index in [1.165, 1.54) is 0 Å². The number of nitrogens with one attached hydrogen (secondary N) is 1. The Labute approximate surface area is 167 Å². The highest BCUT2D eigenvalue weighted by Gasteiger charge is 2.40. The van der Waals surface area contributed by atoms with Crippen LogP contribution in [0, 0.1) is 0 Å². The monoisotopic (exact) mass is 402 g/mol. The SMILES string of the molecule is CC(C)(C)NC(=O)O[C@H]1CS[C@H]2c3ccccc3C(=O)N2Cc2sccc21. The molecule has 0 unspecified atom stereocenters. The summed E-state index contributed by atoms with van der Waals surface area (Å²) in [5.41, 5.74) is 2.47. The van der Waals surface area contributed by atoms with Crippen LogP contribution in [0.1, 0.15) is 58.6 Å². The third-order valence-corrected chi connectivity index (χ3v) is 6.81. The van der Waals surface area contributed by atoms with Gasteiger partial charge in [0.1, 0.15) is 11.5 Å². The third kappa shape index (κ3) is 3.58. The van der Waals surface area contributed by atoms with Crippen LogP contribution in [-0.2, 0) is 11.3 Å². The highest BCUT2D eigenvalue weighted by Crippen LogP contribution is 2.47. The van der Waals surface area contributed by atoms with Gasteiger partial charge in [0.2, 0.25) is 0 Å². The van der Waals surface area contributed by atoms with Gasteiger partial charge in [-0.2, -0.15) is 0 Å². The maximum Gasteiger partial charge on any atom is 0.408 e. The Hall–Kier alpha value is -1.99. The number of amides is 2. The molecule has 2 aliphatic heterocycles. The smallest absolute Gasteiger partial charge is 0.408 e. The van der Waals surface area contributed by atoms with E-state index >= 15 is 0 Å². The minimum atomic E-state index is -0.412. The molecule has 2 amide bonds. The van der Waals surface area contributed by atoms with Crippen molar-refractivity contribution in [1.29, 1.82) is 0 Å². The Balaban J connectivity index is 1.62. The van der Waals surface area contributed by atoms with Gasteiger partial charge in [-0.05, 0) is 43.8 Å². The molecule has 0 fully saturated rings. The number of thioether (sulfide) groups is 1. The van der Waals surface area contributed by atoms with Gasteiger partial charge >= 0.3 is 6.09 Å². The summed E-state index contributed by atoms with van der Waals surface area (Å²) in [5, 5.41) is 4.82. The Bertz CT molecular complexity index is 887. The largest absolute Gasteiger partial charge is 0.440 e. The fourth-order valence-electron chi connectivity index (χ4n) is 3.42. The van der Waals surface area contributed by atoms with Gasteiger partial charge in [0.05, 0.1) is 6.54 Å². The molecule has 2 aliphatic rings. The molecule has 4 rings (SSSR count). The van der Waals surface area contributed by atoms with E-state index < -0.39 is 6.09 Å². The number of alkyl carbamates (subject to hydrolysis) is 1. The average Bonchev–Trinajstić information content (AvgIpc) is 3.13. The summed E-state index contributed by atoms with van der Waals surface area (Å²) in [6.07, 6.45) is -0.741. The fraction of sp³-hybridized carbons (Fsp3) is 0.400. The van der Waals surface area contributed by atoms with E-state index in [0.29, 0.717) is 12.3 Å². The van der Waals surface area contributed by atoms with Crippen molar-refractivity contribution in [3.63, 3.8) is 0 Å². The van der Waals surface area contributed by atoms with Gasteiger partial charge in [0.15, 0.2) is 0 Å². The predicted molar refractivity (Wildman–Crippen MR) is 108 cm³/mol. The number of rotatable bonds is 1. The molecular weight excluding hydrogens is 380 g/mol. The van der Waals surface area contributed by atoms with Gasteiger partial charge in [-0.3, -0.25) is 4.79 Å². The van der Waals surface area contributed by atoms with Crippen LogP contribution in [0.2, 0.25) is 0 Å². The zero-order chi connectivity index (χ0) is 19.2. The lowest BCUT2D eigenvalue weighted by Crippen LogP contribution is -2.41. The molecule has 3 heterocycles. The lowest BCUT2D eigenvalue weighted by atomic mass is 10.1. The molecule has 7 heteroatoms. The molecule has 0 aliphatic carbocycles. The van der Waals surface area contributed by atoms with Gasteiger partial charge in [-0.15, -0.1) is 23.1 Å². The maximum absolute atomic E-state index is 12.9. The fourth-order valence-corrected chi connectivity index (χ4v) is 5.69. The number of benzene rings is 1. The molecule has 1 aromatic carbocycles. The number of hydrogen-bond donors (Lipinski definition) is 1. The number of carbonyl (C=O) groups excluding carboxylic acids is 2. The van der Waals surface area contributed by atoms with Gasteiger partial charge in [-0.25, -0.2) is 4.79 Å². The lowest BCUT2D eigenvalue weighted by molar-refractivity contribution is 0.0749. The number of fused-ring (bicyclic) bond motifs is 4. The van der Waals surface area contributed by atoms with Crippen LogP contribution in [0.5, 0.6) is 0 Å². The van der Waals surface area contributed by atoms with Gasteiger partial charge in [0.25, 0.3) is 5.91 Å². The molecule has 5 nitrogen and oxygen atoms in total. The molecule has 0 saturated carbocycles. The van der Waals surface area contributed by atoms with Crippen molar-refractivity contribution in [2.24, 2.45) is 0 Å². The number of ether oxygens (including phenoxy) is 1. The standard InChI is InChI=1S/C20H22N2O3S2/c1-20(2,3)21-19(24)25-15-11-27-18-13-7-5-4-6-12(13)17(23)22(18)10-16-14(15)8-9-26-16/h4-9,15,18H,10-11H2,1-3H3,(H,21,24)/t15-,18-/m0/s1. The topological polar surface area (TPSA) is 58.6 Å². The van der Waals surface area contributed by atoms with E-state index in [1.54, 1.807) is 23.1 Å². The van der Waals surface area contributed by atoms with E-state index in [0.717, 1.165) is 21.6 Å². The summed E-state index contributed by atoms with van der Waals surface area (Å²) in [4.78, 5) is 28.2. The first-order valence-electron chi connectivity index (χ1n) is 8.90. The van der Waals surface area contributed by atoms with Crippen LogP contribution >= 0.6 is 23.1 Å². The van der Waals surface area contributed by atoms with E-state index in [-0.39, 0.29) is 22.9 Å². The number of thiophene rings is 1. The zero-order valence-electron chi connectivity index (χ0n) is 15.5. The van der Waals surface area contributed by atoms with E-state index in [1.807, 2.05) is 61.4 Å². The lowest BCUT2D eigenvalue weighted by Gasteiger charge is -2.31. The Morgan fingerprint density at radius 1 is 1.22 bits per heavy atom. The van der Waals surface area contributed by atoms with E-state index in [9.17, 15) is 9.59 Å². The molecule has 0 spiro atoms. The minimum absolute atomic E-state index is 0.0410. The van der Waals surface area contributed by atoms with Crippen LogP contribution in [0.25, 0.3) is 0 Å². The van der Waals surface area contributed by atoms with Crippen LogP contribution in [0.15, 0.2) is 35.7 Å². The molecule has 1 N–H and O–H groups in total. The summed E-state index contributed by atoms with van der Waals surface area (Å²) in [6.45, 7) is 6.32. The second kappa shape index (κ2) is 6.87. The molecule has 0 bridgehead atoms. The van der Waals surface area contributed by atoms with Gasteiger partial charge in [-0.1, -0.05) is 18.2 Å². The maximum atomic E-state index is 12.9. The number of hydrogen-bond acceptors (Lipinski definition) is 5. The van der Waals surface area contributed by atoms with Crippen molar-refractivity contribution in [3.05, 3.63) is 57.3 Å². The van der Waals surface area contributed by atoms with Crippen molar-refractivity contribution < 1.29 is 14.3 Å². The first kappa shape index (κ1) is 18.4.